The Morgan fingerprint density at radius 1 is 1.10 bits per heavy atom. The van der Waals surface area contributed by atoms with Crippen molar-refractivity contribution in [3.05, 3.63) is 53.8 Å². The molecule has 0 saturated carbocycles. The second-order valence-corrected chi connectivity index (χ2v) is 4.95. The van der Waals surface area contributed by atoms with E-state index in [4.69, 9.17) is 4.74 Å². The van der Waals surface area contributed by atoms with E-state index in [-0.39, 0.29) is 11.9 Å². The number of rotatable bonds is 6. The molecule has 1 N–H and O–H groups in total. The second kappa shape index (κ2) is 7.23. The van der Waals surface area contributed by atoms with Crippen LogP contribution in [0.4, 0.5) is 4.39 Å². The molecule has 2 aromatic rings. The molecule has 0 aliphatic heterocycles. The predicted octanol–water partition coefficient (Wildman–Crippen LogP) is 4.56. The quantitative estimate of drug-likeness (QED) is 0.840. The summed E-state index contributed by atoms with van der Waals surface area (Å²) in [5.41, 5.74) is 2.45. The van der Waals surface area contributed by atoms with Gasteiger partial charge in [0, 0.05) is 17.2 Å². The van der Waals surface area contributed by atoms with E-state index >= 15 is 0 Å². The van der Waals surface area contributed by atoms with Gasteiger partial charge in [-0.2, -0.15) is 0 Å². The van der Waals surface area contributed by atoms with Crippen LogP contribution in [-0.4, -0.2) is 13.2 Å². The molecule has 1 atom stereocenters. The number of hydrogen-bond acceptors (Lipinski definition) is 2. The highest BCUT2D eigenvalue weighted by Gasteiger charge is 2.13. The summed E-state index contributed by atoms with van der Waals surface area (Å²) in [6.07, 6.45) is 0. The highest BCUT2D eigenvalue weighted by atomic mass is 19.1. The molecule has 112 valence electrons. The minimum absolute atomic E-state index is 0.189. The first-order valence-electron chi connectivity index (χ1n) is 7.42. The van der Waals surface area contributed by atoms with Crippen molar-refractivity contribution in [3.63, 3.8) is 0 Å². The lowest BCUT2D eigenvalue weighted by Crippen LogP contribution is -2.17. The largest absolute Gasteiger partial charge is 0.493 e. The van der Waals surface area contributed by atoms with Gasteiger partial charge in [-0.25, -0.2) is 4.39 Å². The third kappa shape index (κ3) is 3.61. The topological polar surface area (TPSA) is 21.3 Å². The van der Waals surface area contributed by atoms with Crippen LogP contribution in [0.5, 0.6) is 5.75 Å². The number of benzene rings is 2. The van der Waals surface area contributed by atoms with Gasteiger partial charge in [-0.3, -0.25) is 0 Å². The lowest BCUT2D eigenvalue weighted by molar-refractivity contribution is 0.341. The Balaban J connectivity index is 2.46. The SMILES string of the molecule is CCNC(C)c1ccc(F)c(-c2ccccc2OCC)c1. The molecule has 0 heterocycles. The number of nitrogens with one attached hydrogen (secondary N) is 1. The third-order valence-corrected chi connectivity index (χ3v) is 3.48. The fourth-order valence-electron chi connectivity index (χ4n) is 2.41. The van der Waals surface area contributed by atoms with Gasteiger partial charge in [-0.05, 0) is 44.2 Å². The van der Waals surface area contributed by atoms with Gasteiger partial charge < -0.3 is 10.1 Å². The van der Waals surface area contributed by atoms with Crippen molar-refractivity contribution >= 4 is 0 Å². The van der Waals surface area contributed by atoms with Crippen LogP contribution in [0.1, 0.15) is 32.4 Å². The first-order chi connectivity index (χ1) is 10.2. The number of para-hydroxylation sites is 1. The van der Waals surface area contributed by atoms with Crippen molar-refractivity contribution < 1.29 is 9.13 Å². The number of ether oxygens (including phenoxy) is 1. The fourth-order valence-corrected chi connectivity index (χ4v) is 2.41. The summed E-state index contributed by atoms with van der Waals surface area (Å²) >= 11 is 0. The van der Waals surface area contributed by atoms with Crippen molar-refractivity contribution in [3.8, 4) is 16.9 Å². The lowest BCUT2D eigenvalue weighted by atomic mass is 9.98. The third-order valence-electron chi connectivity index (χ3n) is 3.48. The molecule has 0 saturated heterocycles. The highest BCUT2D eigenvalue weighted by molar-refractivity contribution is 5.71. The molecule has 0 aliphatic carbocycles. The average molecular weight is 287 g/mol. The molecule has 2 rings (SSSR count). The molecule has 3 heteroatoms. The molecule has 0 spiro atoms. The smallest absolute Gasteiger partial charge is 0.131 e. The molecule has 0 aromatic heterocycles. The summed E-state index contributed by atoms with van der Waals surface area (Å²) in [5.74, 6) is 0.488. The standard InChI is InChI=1S/C18H22FNO/c1-4-20-13(3)14-10-11-17(19)16(12-14)15-8-6-7-9-18(15)21-5-2/h6-13,20H,4-5H2,1-3H3. The van der Waals surface area contributed by atoms with E-state index in [0.717, 1.165) is 17.7 Å². The Morgan fingerprint density at radius 3 is 2.57 bits per heavy atom. The van der Waals surface area contributed by atoms with Gasteiger partial charge in [-0.1, -0.05) is 31.2 Å². The van der Waals surface area contributed by atoms with E-state index in [0.29, 0.717) is 17.9 Å². The monoisotopic (exact) mass is 287 g/mol. The van der Waals surface area contributed by atoms with Crippen molar-refractivity contribution in [2.75, 3.05) is 13.2 Å². The molecule has 21 heavy (non-hydrogen) atoms. The van der Waals surface area contributed by atoms with Crippen LogP contribution < -0.4 is 10.1 Å². The van der Waals surface area contributed by atoms with Crippen LogP contribution in [0.3, 0.4) is 0 Å². The first-order valence-corrected chi connectivity index (χ1v) is 7.42. The maximum absolute atomic E-state index is 14.2. The highest BCUT2D eigenvalue weighted by Crippen LogP contribution is 2.33. The van der Waals surface area contributed by atoms with Crippen LogP contribution >= 0.6 is 0 Å². The summed E-state index contributed by atoms with van der Waals surface area (Å²) in [5, 5.41) is 3.35. The molecular weight excluding hydrogens is 265 g/mol. The molecule has 0 radical (unpaired) electrons. The van der Waals surface area contributed by atoms with Crippen molar-refractivity contribution in [2.24, 2.45) is 0 Å². The Labute approximate surface area is 126 Å². The predicted molar refractivity (Wildman–Crippen MR) is 85.1 cm³/mol. The molecule has 0 bridgehead atoms. The Bertz CT molecular complexity index is 598. The van der Waals surface area contributed by atoms with Crippen molar-refractivity contribution in [2.45, 2.75) is 26.8 Å². The minimum Gasteiger partial charge on any atom is -0.493 e. The molecule has 2 nitrogen and oxygen atoms in total. The van der Waals surface area contributed by atoms with Gasteiger partial charge in [0.1, 0.15) is 11.6 Å². The fraction of sp³-hybridized carbons (Fsp3) is 0.333. The number of hydrogen-bond donors (Lipinski definition) is 1. The summed E-state index contributed by atoms with van der Waals surface area (Å²) in [6.45, 7) is 7.51. The van der Waals surface area contributed by atoms with Gasteiger partial charge in [0.2, 0.25) is 0 Å². The Hall–Kier alpha value is -1.87. The van der Waals surface area contributed by atoms with Gasteiger partial charge in [0.15, 0.2) is 0 Å². The summed E-state index contributed by atoms with van der Waals surface area (Å²) < 4.78 is 19.9. The zero-order chi connectivity index (χ0) is 15.2. The van der Waals surface area contributed by atoms with Crippen LogP contribution in [0.25, 0.3) is 11.1 Å². The first kappa shape index (κ1) is 15.5. The van der Waals surface area contributed by atoms with Crippen LogP contribution in [0.2, 0.25) is 0 Å². The zero-order valence-corrected chi connectivity index (χ0v) is 12.8. The molecule has 0 fully saturated rings. The van der Waals surface area contributed by atoms with E-state index in [1.807, 2.05) is 43.3 Å². The molecule has 0 aliphatic rings. The van der Waals surface area contributed by atoms with Crippen LogP contribution in [0, 0.1) is 5.82 Å². The van der Waals surface area contributed by atoms with E-state index < -0.39 is 0 Å². The molecular formula is C18H22FNO. The molecule has 2 aromatic carbocycles. The average Bonchev–Trinajstić information content (AvgIpc) is 2.49. The summed E-state index contributed by atoms with van der Waals surface area (Å²) in [7, 11) is 0. The summed E-state index contributed by atoms with van der Waals surface area (Å²) in [4.78, 5) is 0. The van der Waals surface area contributed by atoms with Crippen LogP contribution in [-0.2, 0) is 0 Å². The van der Waals surface area contributed by atoms with E-state index in [2.05, 4.69) is 19.2 Å². The molecule has 1 unspecified atom stereocenters. The Kier molecular flexibility index (Phi) is 5.34. The van der Waals surface area contributed by atoms with E-state index in [1.54, 1.807) is 0 Å². The Morgan fingerprint density at radius 2 is 1.86 bits per heavy atom. The minimum atomic E-state index is -0.227. The van der Waals surface area contributed by atoms with Gasteiger partial charge in [0.05, 0.1) is 6.61 Å². The van der Waals surface area contributed by atoms with Crippen molar-refractivity contribution in [1.82, 2.24) is 5.32 Å². The van der Waals surface area contributed by atoms with E-state index in [9.17, 15) is 4.39 Å². The zero-order valence-electron chi connectivity index (χ0n) is 12.8. The molecule has 0 amide bonds. The van der Waals surface area contributed by atoms with Crippen LogP contribution in [0.15, 0.2) is 42.5 Å². The second-order valence-electron chi connectivity index (χ2n) is 4.95. The van der Waals surface area contributed by atoms with Gasteiger partial charge in [0.25, 0.3) is 0 Å². The number of halogens is 1. The lowest BCUT2D eigenvalue weighted by Gasteiger charge is -2.16. The van der Waals surface area contributed by atoms with E-state index in [1.165, 1.54) is 6.07 Å². The van der Waals surface area contributed by atoms with Crippen molar-refractivity contribution in [1.29, 1.82) is 0 Å². The summed E-state index contributed by atoms with van der Waals surface area (Å²) in [6, 6.07) is 13.0. The normalized spacial score (nSPS) is 12.2. The van der Waals surface area contributed by atoms with Gasteiger partial charge in [-0.15, -0.1) is 0 Å². The maximum atomic E-state index is 14.2. The maximum Gasteiger partial charge on any atom is 0.131 e. The van der Waals surface area contributed by atoms with Gasteiger partial charge >= 0.3 is 0 Å².